The summed E-state index contributed by atoms with van der Waals surface area (Å²) in [4.78, 5) is 0.225. The number of ether oxygens (including phenoxy) is 1. The molecule has 0 spiro atoms. The third-order valence-electron chi connectivity index (χ3n) is 4.21. The number of sulfonamides is 1. The minimum absolute atomic E-state index is 0.126. The predicted octanol–water partition coefficient (Wildman–Crippen LogP) is 5.05. The zero-order valence-corrected chi connectivity index (χ0v) is 16.7. The molecule has 3 aromatic carbocycles. The highest BCUT2D eigenvalue weighted by molar-refractivity contribution is 7.92. The summed E-state index contributed by atoms with van der Waals surface area (Å²) in [7, 11) is -2.23. The van der Waals surface area contributed by atoms with Gasteiger partial charge < -0.3 is 4.74 Å². The third kappa shape index (κ3) is 4.26. The maximum absolute atomic E-state index is 13.4. The molecule has 0 heterocycles. The first-order chi connectivity index (χ1) is 12.9. The highest BCUT2D eigenvalue weighted by Gasteiger charge is 2.26. The molecule has 0 fully saturated rings. The lowest BCUT2D eigenvalue weighted by Gasteiger charge is -2.25. The van der Waals surface area contributed by atoms with E-state index in [2.05, 4.69) is 0 Å². The van der Waals surface area contributed by atoms with Crippen LogP contribution in [0.1, 0.15) is 11.1 Å². The van der Waals surface area contributed by atoms with Gasteiger partial charge in [0.2, 0.25) is 0 Å². The molecule has 0 radical (unpaired) electrons. The molecule has 0 atom stereocenters. The zero-order chi connectivity index (χ0) is 19.4. The van der Waals surface area contributed by atoms with Gasteiger partial charge in [0.25, 0.3) is 10.0 Å². The third-order valence-corrected chi connectivity index (χ3v) is 6.23. The van der Waals surface area contributed by atoms with Crippen LogP contribution in [0.4, 0.5) is 5.69 Å². The second-order valence-electron chi connectivity index (χ2n) is 6.12. The molecule has 140 valence electrons. The van der Waals surface area contributed by atoms with Crippen molar-refractivity contribution in [3.63, 3.8) is 0 Å². The molecule has 27 heavy (non-hydrogen) atoms. The lowest BCUT2D eigenvalue weighted by molar-refractivity contribution is 0.410. The Morgan fingerprint density at radius 1 is 0.963 bits per heavy atom. The van der Waals surface area contributed by atoms with Crippen molar-refractivity contribution in [1.29, 1.82) is 0 Å². The van der Waals surface area contributed by atoms with Crippen molar-refractivity contribution in [2.24, 2.45) is 0 Å². The number of benzene rings is 3. The molecule has 4 nitrogen and oxygen atoms in total. The lowest BCUT2D eigenvalue weighted by Crippen LogP contribution is -2.30. The number of halogens is 1. The molecule has 0 bridgehead atoms. The Morgan fingerprint density at radius 3 is 2.33 bits per heavy atom. The molecule has 3 rings (SSSR count). The molecule has 0 N–H and O–H groups in total. The number of anilines is 1. The molecule has 6 heteroatoms. The fourth-order valence-electron chi connectivity index (χ4n) is 2.77. The van der Waals surface area contributed by atoms with Crippen LogP contribution in [-0.2, 0) is 16.6 Å². The first-order valence-electron chi connectivity index (χ1n) is 8.38. The average Bonchev–Trinajstić information content (AvgIpc) is 2.66. The van der Waals surface area contributed by atoms with E-state index in [0.717, 1.165) is 11.1 Å². The quantitative estimate of drug-likeness (QED) is 0.580. The van der Waals surface area contributed by atoms with E-state index < -0.39 is 10.0 Å². The maximum Gasteiger partial charge on any atom is 0.264 e. The highest BCUT2D eigenvalue weighted by Crippen LogP contribution is 2.30. The van der Waals surface area contributed by atoms with Gasteiger partial charge >= 0.3 is 0 Å². The topological polar surface area (TPSA) is 46.6 Å². The SMILES string of the molecule is COc1ccccc1CN(c1cccc(Cl)c1)S(=O)(=O)c1ccc(C)cc1. The monoisotopic (exact) mass is 401 g/mol. The van der Waals surface area contributed by atoms with Gasteiger partial charge in [0, 0.05) is 10.6 Å². The number of nitrogens with zero attached hydrogens (tertiary/aromatic N) is 1. The molecule has 0 unspecified atom stereocenters. The average molecular weight is 402 g/mol. The molecule has 0 saturated carbocycles. The summed E-state index contributed by atoms with van der Waals surface area (Å²) >= 11 is 6.12. The molecule has 0 amide bonds. The second kappa shape index (κ2) is 8.03. The Balaban J connectivity index is 2.11. The Hall–Kier alpha value is -2.50. The van der Waals surface area contributed by atoms with E-state index in [9.17, 15) is 8.42 Å². The summed E-state index contributed by atoms with van der Waals surface area (Å²) in [5.41, 5.74) is 2.25. The summed E-state index contributed by atoms with van der Waals surface area (Å²) < 4.78 is 33.5. The van der Waals surface area contributed by atoms with Gasteiger partial charge in [-0.15, -0.1) is 0 Å². The summed E-state index contributed by atoms with van der Waals surface area (Å²) in [6.45, 7) is 2.04. The summed E-state index contributed by atoms with van der Waals surface area (Å²) in [6.07, 6.45) is 0. The minimum Gasteiger partial charge on any atom is -0.496 e. The van der Waals surface area contributed by atoms with Gasteiger partial charge in [0.1, 0.15) is 5.75 Å². The number of aryl methyl sites for hydroxylation is 1. The van der Waals surface area contributed by atoms with E-state index in [1.165, 1.54) is 4.31 Å². The van der Waals surface area contributed by atoms with Crippen LogP contribution >= 0.6 is 11.6 Å². The molecule has 0 aliphatic heterocycles. The van der Waals surface area contributed by atoms with Crippen LogP contribution < -0.4 is 9.04 Å². The number of para-hydroxylation sites is 1. The molecule has 3 aromatic rings. The minimum atomic E-state index is -3.79. The molecule has 0 aliphatic carbocycles. The number of methoxy groups -OCH3 is 1. The Bertz CT molecular complexity index is 1030. The van der Waals surface area contributed by atoms with Crippen LogP contribution in [0.3, 0.4) is 0 Å². The van der Waals surface area contributed by atoms with Crippen LogP contribution in [0.5, 0.6) is 5.75 Å². The van der Waals surface area contributed by atoms with Gasteiger partial charge in [-0.25, -0.2) is 8.42 Å². The summed E-state index contributed by atoms with van der Waals surface area (Å²) in [5.74, 6) is 0.628. The maximum atomic E-state index is 13.4. The van der Waals surface area contributed by atoms with Gasteiger partial charge in [0.05, 0.1) is 24.2 Å². The van der Waals surface area contributed by atoms with Crippen molar-refractivity contribution in [1.82, 2.24) is 0 Å². The second-order valence-corrected chi connectivity index (χ2v) is 8.42. The van der Waals surface area contributed by atoms with Gasteiger partial charge in [-0.1, -0.05) is 53.6 Å². The van der Waals surface area contributed by atoms with Crippen LogP contribution in [0.25, 0.3) is 0 Å². The van der Waals surface area contributed by atoms with Crippen molar-refractivity contribution in [2.75, 3.05) is 11.4 Å². The smallest absolute Gasteiger partial charge is 0.264 e. The predicted molar refractivity (Wildman–Crippen MR) is 109 cm³/mol. The first kappa shape index (κ1) is 19.3. The number of hydrogen-bond donors (Lipinski definition) is 0. The van der Waals surface area contributed by atoms with E-state index >= 15 is 0 Å². The Morgan fingerprint density at radius 2 is 1.67 bits per heavy atom. The zero-order valence-electron chi connectivity index (χ0n) is 15.1. The Labute approximate surface area is 165 Å². The molecule has 0 saturated heterocycles. The molecular weight excluding hydrogens is 382 g/mol. The van der Waals surface area contributed by atoms with Crippen LogP contribution in [0, 0.1) is 6.92 Å². The van der Waals surface area contributed by atoms with Gasteiger partial charge in [-0.3, -0.25) is 4.31 Å². The highest BCUT2D eigenvalue weighted by atomic mass is 35.5. The van der Waals surface area contributed by atoms with Crippen LogP contribution in [0.2, 0.25) is 5.02 Å². The fourth-order valence-corrected chi connectivity index (χ4v) is 4.39. The van der Waals surface area contributed by atoms with Crippen molar-refractivity contribution < 1.29 is 13.2 Å². The standard InChI is InChI=1S/C21H20ClNO3S/c1-16-10-12-20(13-11-16)27(24,25)23(19-8-5-7-18(22)14-19)15-17-6-3-4-9-21(17)26-2/h3-14H,15H2,1-2H3. The largest absolute Gasteiger partial charge is 0.496 e. The Kier molecular flexibility index (Phi) is 5.73. The number of hydrogen-bond acceptors (Lipinski definition) is 3. The van der Waals surface area contributed by atoms with Crippen LogP contribution in [0.15, 0.2) is 77.7 Å². The van der Waals surface area contributed by atoms with Crippen molar-refractivity contribution in [2.45, 2.75) is 18.4 Å². The van der Waals surface area contributed by atoms with Crippen LogP contribution in [-0.4, -0.2) is 15.5 Å². The van der Waals surface area contributed by atoms with Gasteiger partial charge in [0.15, 0.2) is 0 Å². The van der Waals surface area contributed by atoms with Crippen molar-refractivity contribution >= 4 is 27.3 Å². The van der Waals surface area contributed by atoms with Crippen molar-refractivity contribution in [3.05, 3.63) is 88.9 Å². The van der Waals surface area contributed by atoms with E-state index in [4.69, 9.17) is 16.3 Å². The lowest BCUT2D eigenvalue weighted by atomic mass is 10.2. The van der Waals surface area contributed by atoms with Gasteiger partial charge in [-0.2, -0.15) is 0 Å². The van der Waals surface area contributed by atoms with Crippen molar-refractivity contribution in [3.8, 4) is 5.75 Å². The van der Waals surface area contributed by atoms with E-state index in [0.29, 0.717) is 16.5 Å². The summed E-state index contributed by atoms with van der Waals surface area (Å²) in [6, 6.07) is 21.0. The van der Waals surface area contributed by atoms with E-state index in [-0.39, 0.29) is 11.4 Å². The van der Waals surface area contributed by atoms with Gasteiger partial charge in [-0.05, 0) is 43.3 Å². The number of rotatable bonds is 6. The summed E-state index contributed by atoms with van der Waals surface area (Å²) in [5, 5.41) is 0.469. The molecule has 0 aliphatic rings. The molecule has 0 aromatic heterocycles. The first-order valence-corrected chi connectivity index (χ1v) is 10.2. The molecular formula is C21H20ClNO3S. The normalized spacial score (nSPS) is 11.2. The fraction of sp³-hybridized carbons (Fsp3) is 0.143. The van der Waals surface area contributed by atoms with E-state index in [1.807, 2.05) is 31.2 Å². The van der Waals surface area contributed by atoms with E-state index in [1.54, 1.807) is 55.6 Å².